The third-order valence-electron chi connectivity index (χ3n) is 2.99. The van der Waals surface area contributed by atoms with Crippen molar-refractivity contribution < 1.29 is 9.15 Å². The maximum Gasteiger partial charge on any atom is 0.142 e. The van der Waals surface area contributed by atoms with Crippen LogP contribution in [0.25, 0.3) is 22.4 Å². The van der Waals surface area contributed by atoms with Crippen LogP contribution in [-0.4, -0.2) is 17.1 Å². The summed E-state index contributed by atoms with van der Waals surface area (Å²) in [5.41, 5.74) is 2.88. The van der Waals surface area contributed by atoms with Gasteiger partial charge in [0.2, 0.25) is 0 Å². The van der Waals surface area contributed by atoms with E-state index in [4.69, 9.17) is 9.15 Å². The molecular formula is C14H14N2O2. The van der Waals surface area contributed by atoms with Crippen molar-refractivity contribution in [2.75, 3.05) is 7.11 Å². The summed E-state index contributed by atoms with van der Waals surface area (Å²) in [4.78, 5) is 7.85. The minimum atomic E-state index is 0.817. The third kappa shape index (κ3) is 1.66. The summed E-state index contributed by atoms with van der Waals surface area (Å²) in [7, 11) is 1.65. The predicted octanol–water partition coefficient (Wildman–Crippen LogP) is 3.45. The molecule has 3 rings (SSSR count). The third-order valence-corrected chi connectivity index (χ3v) is 2.99. The van der Waals surface area contributed by atoms with Gasteiger partial charge in [0.05, 0.1) is 23.7 Å². The van der Waals surface area contributed by atoms with Gasteiger partial charge in [0.15, 0.2) is 0 Å². The number of fused-ring (bicyclic) bond motifs is 1. The molecule has 0 unspecified atom stereocenters. The Hall–Kier alpha value is -2.23. The predicted molar refractivity (Wildman–Crippen MR) is 69.8 cm³/mol. The topological polar surface area (TPSA) is 51.1 Å². The molecule has 2 aromatic heterocycles. The molecule has 0 aliphatic heterocycles. The number of nitrogens with zero attached hydrogens (tertiary/aromatic N) is 1. The molecule has 4 nitrogen and oxygen atoms in total. The summed E-state index contributed by atoms with van der Waals surface area (Å²) < 4.78 is 10.7. The van der Waals surface area contributed by atoms with Crippen molar-refractivity contribution in [3.05, 3.63) is 35.8 Å². The van der Waals surface area contributed by atoms with Gasteiger partial charge in [0.25, 0.3) is 0 Å². The molecule has 0 saturated carbocycles. The lowest BCUT2D eigenvalue weighted by Gasteiger charge is -1.96. The first kappa shape index (κ1) is 10.9. The molecule has 3 aromatic rings. The van der Waals surface area contributed by atoms with E-state index < -0.39 is 0 Å². The number of rotatable bonds is 2. The van der Waals surface area contributed by atoms with Crippen molar-refractivity contribution >= 4 is 11.0 Å². The Balaban J connectivity index is 2.16. The van der Waals surface area contributed by atoms with Crippen molar-refractivity contribution in [3.63, 3.8) is 0 Å². The second kappa shape index (κ2) is 3.91. The molecule has 0 fully saturated rings. The van der Waals surface area contributed by atoms with Crippen LogP contribution < -0.4 is 4.74 Å². The largest absolute Gasteiger partial charge is 0.497 e. The van der Waals surface area contributed by atoms with E-state index in [1.807, 2.05) is 38.1 Å². The summed E-state index contributed by atoms with van der Waals surface area (Å²) in [6.07, 6.45) is 0. The Morgan fingerprint density at radius 1 is 1.22 bits per heavy atom. The molecule has 1 N–H and O–H groups in total. The Bertz CT molecular complexity index is 710. The van der Waals surface area contributed by atoms with Gasteiger partial charge in [-0.2, -0.15) is 0 Å². The normalized spacial score (nSPS) is 11.1. The second-order valence-electron chi connectivity index (χ2n) is 4.30. The van der Waals surface area contributed by atoms with Crippen molar-refractivity contribution in [1.82, 2.24) is 9.97 Å². The molecule has 4 heteroatoms. The number of imidazole rings is 1. The lowest BCUT2D eigenvalue weighted by atomic mass is 10.2. The van der Waals surface area contributed by atoms with Gasteiger partial charge in [-0.05, 0) is 32.0 Å². The molecule has 0 atom stereocenters. The van der Waals surface area contributed by atoms with E-state index in [0.717, 1.165) is 39.7 Å². The highest BCUT2D eigenvalue weighted by Crippen LogP contribution is 2.27. The van der Waals surface area contributed by atoms with Gasteiger partial charge in [-0.25, -0.2) is 4.98 Å². The maximum atomic E-state index is 5.53. The zero-order valence-electron chi connectivity index (χ0n) is 10.6. The summed E-state index contributed by atoms with van der Waals surface area (Å²) in [5.74, 6) is 3.41. The first-order valence-corrected chi connectivity index (χ1v) is 5.78. The van der Waals surface area contributed by atoms with E-state index >= 15 is 0 Å². The van der Waals surface area contributed by atoms with Crippen LogP contribution >= 0.6 is 0 Å². The number of aromatic amines is 1. The molecule has 0 aliphatic carbocycles. The van der Waals surface area contributed by atoms with Crippen LogP contribution in [0, 0.1) is 13.8 Å². The maximum absolute atomic E-state index is 5.53. The number of H-pyrrole nitrogens is 1. The van der Waals surface area contributed by atoms with Crippen molar-refractivity contribution in [2.45, 2.75) is 13.8 Å². The zero-order valence-corrected chi connectivity index (χ0v) is 10.6. The minimum absolute atomic E-state index is 0.817. The van der Waals surface area contributed by atoms with Gasteiger partial charge in [-0.1, -0.05) is 0 Å². The number of nitrogens with one attached hydrogen (secondary N) is 1. The monoisotopic (exact) mass is 242 g/mol. The van der Waals surface area contributed by atoms with Crippen LogP contribution in [0.15, 0.2) is 28.7 Å². The number of hydrogen-bond acceptors (Lipinski definition) is 3. The van der Waals surface area contributed by atoms with E-state index in [2.05, 4.69) is 9.97 Å². The molecule has 1 aromatic carbocycles. The van der Waals surface area contributed by atoms with E-state index in [0.29, 0.717) is 0 Å². The SMILES string of the molecule is COc1ccc2nc(-c3cc(C)oc3C)[nH]c2c1. The summed E-state index contributed by atoms with van der Waals surface area (Å²) >= 11 is 0. The smallest absolute Gasteiger partial charge is 0.142 e. The van der Waals surface area contributed by atoms with Crippen LogP contribution in [0.4, 0.5) is 0 Å². The fourth-order valence-electron chi connectivity index (χ4n) is 2.11. The molecule has 92 valence electrons. The lowest BCUT2D eigenvalue weighted by molar-refractivity contribution is 0.415. The fraction of sp³-hybridized carbons (Fsp3) is 0.214. The molecule has 0 bridgehead atoms. The number of hydrogen-bond donors (Lipinski definition) is 1. The van der Waals surface area contributed by atoms with Crippen molar-refractivity contribution in [2.24, 2.45) is 0 Å². The number of methoxy groups -OCH3 is 1. The first-order chi connectivity index (χ1) is 8.67. The minimum Gasteiger partial charge on any atom is -0.497 e. The van der Waals surface area contributed by atoms with Gasteiger partial charge < -0.3 is 14.1 Å². The van der Waals surface area contributed by atoms with Gasteiger partial charge in [0, 0.05) is 6.07 Å². The second-order valence-corrected chi connectivity index (χ2v) is 4.30. The molecule has 18 heavy (non-hydrogen) atoms. The van der Waals surface area contributed by atoms with E-state index in [9.17, 15) is 0 Å². The molecule has 0 aliphatic rings. The highest BCUT2D eigenvalue weighted by atomic mass is 16.5. The van der Waals surface area contributed by atoms with Crippen LogP contribution in [0.1, 0.15) is 11.5 Å². The van der Waals surface area contributed by atoms with E-state index in [1.165, 1.54) is 0 Å². The molecule has 0 spiro atoms. The van der Waals surface area contributed by atoms with Crippen molar-refractivity contribution in [1.29, 1.82) is 0 Å². The Labute approximate surface area is 105 Å². The van der Waals surface area contributed by atoms with Gasteiger partial charge >= 0.3 is 0 Å². The number of aromatic nitrogens is 2. The fourth-order valence-corrected chi connectivity index (χ4v) is 2.11. The molecular weight excluding hydrogens is 228 g/mol. The van der Waals surface area contributed by atoms with Gasteiger partial charge in [-0.15, -0.1) is 0 Å². The van der Waals surface area contributed by atoms with Crippen LogP contribution in [-0.2, 0) is 0 Å². The molecule has 2 heterocycles. The number of ether oxygens (including phenoxy) is 1. The van der Waals surface area contributed by atoms with Crippen molar-refractivity contribution in [3.8, 4) is 17.1 Å². The van der Waals surface area contributed by atoms with Crippen LogP contribution in [0.3, 0.4) is 0 Å². The highest BCUT2D eigenvalue weighted by Gasteiger charge is 2.11. The van der Waals surface area contributed by atoms with Crippen LogP contribution in [0.2, 0.25) is 0 Å². The van der Waals surface area contributed by atoms with Gasteiger partial charge in [0.1, 0.15) is 23.1 Å². The lowest BCUT2D eigenvalue weighted by Crippen LogP contribution is -1.81. The van der Waals surface area contributed by atoms with Gasteiger partial charge in [-0.3, -0.25) is 0 Å². The molecule has 0 amide bonds. The Morgan fingerprint density at radius 3 is 2.72 bits per heavy atom. The summed E-state index contributed by atoms with van der Waals surface area (Å²) in [6, 6.07) is 7.77. The number of aryl methyl sites for hydroxylation is 2. The summed E-state index contributed by atoms with van der Waals surface area (Å²) in [6.45, 7) is 3.87. The Kier molecular flexibility index (Phi) is 2.37. The summed E-state index contributed by atoms with van der Waals surface area (Å²) in [5, 5.41) is 0. The molecule has 0 radical (unpaired) electrons. The van der Waals surface area contributed by atoms with Crippen LogP contribution in [0.5, 0.6) is 5.75 Å². The zero-order chi connectivity index (χ0) is 12.7. The number of furan rings is 1. The first-order valence-electron chi connectivity index (χ1n) is 5.78. The quantitative estimate of drug-likeness (QED) is 0.748. The average molecular weight is 242 g/mol. The molecule has 0 saturated heterocycles. The average Bonchev–Trinajstić information content (AvgIpc) is 2.90. The highest BCUT2D eigenvalue weighted by molar-refractivity contribution is 5.81. The number of benzene rings is 1. The standard InChI is InChI=1S/C14H14N2O2/c1-8-6-11(9(2)18-8)14-15-12-5-4-10(17-3)7-13(12)16-14/h4-7H,1-3H3,(H,15,16). The van der Waals surface area contributed by atoms with E-state index in [-0.39, 0.29) is 0 Å². The Morgan fingerprint density at radius 2 is 2.06 bits per heavy atom. The van der Waals surface area contributed by atoms with E-state index in [1.54, 1.807) is 7.11 Å².